The predicted molar refractivity (Wildman–Crippen MR) is 163 cm³/mol. The number of nitrogens with one attached hydrogen (secondary N) is 2. The molecule has 42 heavy (non-hydrogen) atoms. The van der Waals surface area contributed by atoms with E-state index in [0.717, 1.165) is 52.1 Å². The van der Waals surface area contributed by atoms with Crippen LogP contribution in [0.4, 0.5) is 5.95 Å². The van der Waals surface area contributed by atoms with Crippen LogP contribution in [0.25, 0.3) is 22.2 Å². The number of likely N-dealkylation sites (tertiary alicyclic amines) is 1. The fourth-order valence-electron chi connectivity index (χ4n) is 5.32. The van der Waals surface area contributed by atoms with Gasteiger partial charge in [0.25, 0.3) is 5.56 Å². The summed E-state index contributed by atoms with van der Waals surface area (Å²) in [4.78, 5) is 37.4. The summed E-state index contributed by atoms with van der Waals surface area (Å²) in [7, 11) is 3.08. The number of fused-ring (bicyclic) bond motifs is 1. The molecular formula is C30H37ClN6O5. The lowest BCUT2D eigenvalue weighted by atomic mass is 10.0. The Morgan fingerprint density at radius 1 is 1.17 bits per heavy atom. The summed E-state index contributed by atoms with van der Waals surface area (Å²) in [5, 5.41) is 7.32. The van der Waals surface area contributed by atoms with Gasteiger partial charge < -0.3 is 29.7 Å². The lowest BCUT2D eigenvalue weighted by Gasteiger charge is -2.32. The Morgan fingerprint density at radius 2 is 1.95 bits per heavy atom. The molecule has 2 N–H and O–H groups in total. The molecule has 4 heterocycles. The number of halogens is 1. The van der Waals surface area contributed by atoms with E-state index in [0.29, 0.717) is 63.6 Å². The first kappa shape index (κ1) is 29.8. The minimum Gasteiger partial charge on any atom is -0.497 e. The van der Waals surface area contributed by atoms with E-state index in [-0.39, 0.29) is 17.5 Å². The van der Waals surface area contributed by atoms with Crippen LogP contribution in [0.1, 0.15) is 19.3 Å². The van der Waals surface area contributed by atoms with Crippen molar-refractivity contribution in [3.8, 4) is 22.6 Å². The Labute approximate surface area is 249 Å². The van der Waals surface area contributed by atoms with E-state index in [2.05, 4.69) is 27.1 Å². The van der Waals surface area contributed by atoms with E-state index in [1.165, 1.54) is 13.2 Å². The SMILES string of the molecule is C=CC(=O)NC1CCN(CCn2c(=O)c(-c3cc(OC)cc(OC)c3Cl)cc3cnc(NCCC4COC4)nc32)CC1. The van der Waals surface area contributed by atoms with Gasteiger partial charge >= 0.3 is 0 Å². The van der Waals surface area contributed by atoms with Crippen molar-refractivity contribution in [2.24, 2.45) is 5.92 Å². The minimum absolute atomic E-state index is 0.122. The van der Waals surface area contributed by atoms with Gasteiger partial charge in [-0.05, 0) is 37.5 Å². The van der Waals surface area contributed by atoms with Crippen molar-refractivity contribution >= 4 is 34.5 Å². The fourth-order valence-corrected chi connectivity index (χ4v) is 5.61. The summed E-state index contributed by atoms with van der Waals surface area (Å²) >= 11 is 6.71. The van der Waals surface area contributed by atoms with E-state index in [1.807, 2.05) is 0 Å². The Balaban J connectivity index is 1.45. The van der Waals surface area contributed by atoms with Crippen molar-refractivity contribution in [2.45, 2.75) is 31.8 Å². The normalized spacial score (nSPS) is 16.2. The van der Waals surface area contributed by atoms with Crippen molar-refractivity contribution < 1.29 is 19.0 Å². The molecular weight excluding hydrogens is 560 g/mol. The zero-order valence-corrected chi connectivity index (χ0v) is 24.8. The monoisotopic (exact) mass is 596 g/mol. The second-order valence-electron chi connectivity index (χ2n) is 10.6. The average molecular weight is 597 g/mol. The molecule has 0 aliphatic carbocycles. The highest BCUT2D eigenvalue weighted by molar-refractivity contribution is 6.35. The highest BCUT2D eigenvalue weighted by atomic mass is 35.5. The van der Waals surface area contributed by atoms with Crippen molar-refractivity contribution in [1.82, 2.24) is 24.8 Å². The lowest BCUT2D eigenvalue weighted by molar-refractivity contribution is -0.117. The van der Waals surface area contributed by atoms with E-state index in [4.69, 9.17) is 30.8 Å². The number of benzene rings is 1. The van der Waals surface area contributed by atoms with Gasteiger partial charge in [-0.1, -0.05) is 18.2 Å². The van der Waals surface area contributed by atoms with Crippen LogP contribution in [0.2, 0.25) is 5.02 Å². The number of methoxy groups -OCH3 is 2. The highest BCUT2D eigenvalue weighted by Crippen LogP contribution is 2.38. The molecule has 5 rings (SSSR count). The van der Waals surface area contributed by atoms with Gasteiger partial charge in [0.05, 0.1) is 32.5 Å². The van der Waals surface area contributed by atoms with Crippen LogP contribution in [0.3, 0.4) is 0 Å². The van der Waals surface area contributed by atoms with Crippen molar-refractivity contribution in [2.75, 3.05) is 58.9 Å². The number of piperidine rings is 1. The summed E-state index contributed by atoms with van der Waals surface area (Å²) in [6.07, 6.45) is 5.66. The standard InChI is InChI=1S/C30H37ClN6O5/c1-4-26(38)34-21-6-9-36(10-7-21)11-12-37-28-20(16-33-30(35-28)32-8-5-19-17-42-18-19)13-24(29(37)39)23-14-22(40-2)15-25(41-3)27(23)31/h4,13-16,19,21H,1,5-12,17-18H2,2-3H3,(H,34,38)(H,32,33,35). The summed E-state index contributed by atoms with van der Waals surface area (Å²) in [5.74, 6) is 1.81. The third-order valence-corrected chi connectivity index (χ3v) is 8.28. The first-order valence-corrected chi connectivity index (χ1v) is 14.6. The lowest BCUT2D eigenvalue weighted by Crippen LogP contribution is -2.45. The number of pyridine rings is 1. The Hall–Kier alpha value is -3.67. The molecule has 2 fully saturated rings. The van der Waals surface area contributed by atoms with Crippen LogP contribution in [0.5, 0.6) is 11.5 Å². The molecule has 1 amide bonds. The molecule has 2 saturated heterocycles. The van der Waals surface area contributed by atoms with Gasteiger partial charge in [0.2, 0.25) is 11.9 Å². The van der Waals surface area contributed by atoms with E-state index < -0.39 is 0 Å². The number of amides is 1. The number of carbonyl (C=O) groups is 1. The van der Waals surface area contributed by atoms with Crippen LogP contribution in [0, 0.1) is 5.92 Å². The highest BCUT2D eigenvalue weighted by Gasteiger charge is 2.23. The molecule has 224 valence electrons. The number of aromatic nitrogens is 3. The Kier molecular flexibility index (Phi) is 9.61. The maximum atomic E-state index is 14.1. The number of carbonyl (C=O) groups excluding carboxylic acids is 1. The van der Waals surface area contributed by atoms with Crippen LogP contribution >= 0.6 is 11.6 Å². The fraction of sp³-hybridized carbons (Fsp3) is 0.467. The molecule has 1 aromatic carbocycles. The second-order valence-corrected chi connectivity index (χ2v) is 11.0. The van der Waals surface area contributed by atoms with E-state index >= 15 is 0 Å². The third-order valence-electron chi connectivity index (χ3n) is 7.89. The van der Waals surface area contributed by atoms with Crippen LogP contribution < -0.4 is 25.7 Å². The molecule has 3 aromatic rings. The molecule has 0 saturated carbocycles. The van der Waals surface area contributed by atoms with Crippen molar-refractivity contribution in [3.63, 3.8) is 0 Å². The largest absolute Gasteiger partial charge is 0.497 e. The summed E-state index contributed by atoms with van der Waals surface area (Å²) in [6, 6.07) is 5.32. The van der Waals surface area contributed by atoms with Crippen LogP contribution in [-0.4, -0.2) is 85.0 Å². The predicted octanol–water partition coefficient (Wildman–Crippen LogP) is 3.34. The van der Waals surface area contributed by atoms with Gasteiger partial charge in [0.1, 0.15) is 17.1 Å². The third kappa shape index (κ3) is 6.69. The number of hydrogen-bond donors (Lipinski definition) is 2. The average Bonchev–Trinajstić information content (AvgIpc) is 2.98. The van der Waals surface area contributed by atoms with Crippen molar-refractivity contribution in [3.05, 3.63) is 52.4 Å². The quantitative estimate of drug-likeness (QED) is 0.303. The van der Waals surface area contributed by atoms with E-state index in [1.54, 1.807) is 36.1 Å². The number of rotatable bonds is 12. The summed E-state index contributed by atoms with van der Waals surface area (Å²) in [6.45, 7) is 8.50. The number of hydrogen-bond acceptors (Lipinski definition) is 9. The van der Waals surface area contributed by atoms with Gasteiger partial charge in [0.15, 0.2) is 0 Å². The molecule has 11 nitrogen and oxygen atoms in total. The van der Waals surface area contributed by atoms with Crippen LogP contribution in [0.15, 0.2) is 41.8 Å². The van der Waals surface area contributed by atoms with Gasteiger partial charge in [-0.3, -0.25) is 14.2 Å². The summed E-state index contributed by atoms with van der Waals surface area (Å²) < 4.78 is 17.9. The Bertz CT molecular complexity index is 1500. The molecule has 0 atom stereocenters. The van der Waals surface area contributed by atoms with Crippen LogP contribution in [-0.2, 0) is 16.1 Å². The maximum absolute atomic E-state index is 14.1. The zero-order chi connectivity index (χ0) is 29.6. The smallest absolute Gasteiger partial charge is 0.260 e. The Morgan fingerprint density at radius 3 is 2.62 bits per heavy atom. The molecule has 0 unspecified atom stereocenters. The zero-order valence-electron chi connectivity index (χ0n) is 24.0. The number of nitrogens with zero attached hydrogens (tertiary/aromatic N) is 4. The van der Waals surface area contributed by atoms with Gasteiger partial charge in [0, 0.05) is 73.5 Å². The molecule has 0 bridgehead atoms. The molecule has 2 aromatic heterocycles. The molecule has 2 aliphatic rings. The van der Waals surface area contributed by atoms with Gasteiger partial charge in [-0.25, -0.2) is 4.98 Å². The molecule has 12 heteroatoms. The number of ether oxygens (including phenoxy) is 3. The molecule has 0 spiro atoms. The topological polar surface area (TPSA) is 120 Å². The second kappa shape index (κ2) is 13.5. The van der Waals surface area contributed by atoms with Crippen molar-refractivity contribution in [1.29, 1.82) is 0 Å². The molecule has 0 radical (unpaired) electrons. The first-order valence-electron chi connectivity index (χ1n) is 14.2. The van der Waals surface area contributed by atoms with E-state index in [9.17, 15) is 9.59 Å². The van der Waals surface area contributed by atoms with Gasteiger partial charge in [-0.2, -0.15) is 4.98 Å². The number of anilines is 1. The molecule has 2 aliphatic heterocycles. The maximum Gasteiger partial charge on any atom is 0.260 e. The van der Waals surface area contributed by atoms with Gasteiger partial charge in [-0.15, -0.1) is 0 Å². The summed E-state index contributed by atoms with van der Waals surface area (Å²) in [5.41, 5.74) is 1.25. The minimum atomic E-state index is -0.218. The first-order chi connectivity index (χ1) is 20.4.